The molecule has 55 heavy (non-hydrogen) atoms. The Labute approximate surface area is 318 Å². The molecular weight excluding hydrogens is 697 g/mol. The predicted molar refractivity (Wildman–Crippen MR) is 226 cm³/mol. The van der Waals surface area contributed by atoms with Gasteiger partial charge in [0.15, 0.2) is 5.58 Å². The lowest BCUT2D eigenvalue weighted by atomic mass is 9.96. The third-order valence-electron chi connectivity index (χ3n) is 11.0. The van der Waals surface area contributed by atoms with Crippen molar-refractivity contribution in [2.45, 2.75) is 12.3 Å². The number of amidine groups is 1. The molecule has 0 radical (unpaired) electrons. The van der Waals surface area contributed by atoms with Crippen molar-refractivity contribution < 1.29 is 8.83 Å². The minimum absolute atomic E-state index is 0.282. The zero-order valence-electron chi connectivity index (χ0n) is 29.3. The number of thiophene rings is 1. The van der Waals surface area contributed by atoms with Gasteiger partial charge in [0.1, 0.15) is 34.9 Å². The summed E-state index contributed by atoms with van der Waals surface area (Å²) in [4.78, 5) is 9.87. The van der Waals surface area contributed by atoms with E-state index in [0.29, 0.717) is 0 Å². The van der Waals surface area contributed by atoms with Crippen molar-refractivity contribution in [3.63, 3.8) is 0 Å². The maximum Gasteiger partial charge on any atom is 0.153 e. The molecule has 5 heterocycles. The Balaban J connectivity index is 1.06. The number of nitrogens with zero attached hydrogens (tertiary/aromatic N) is 2. The van der Waals surface area contributed by atoms with Crippen molar-refractivity contribution in [3.8, 4) is 11.1 Å². The molecule has 0 saturated carbocycles. The summed E-state index contributed by atoms with van der Waals surface area (Å²) in [7, 11) is 0. The zero-order valence-corrected chi connectivity index (χ0v) is 30.1. The molecule has 2 N–H and O–H groups in total. The fraction of sp³-hybridized carbons (Fsp3) is 0.0417. The molecule has 12 rings (SSSR count). The van der Waals surface area contributed by atoms with Gasteiger partial charge in [0.05, 0.1) is 6.20 Å². The quantitative estimate of drug-likeness (QED) is 0.189. The number of furan rings is 2. The lowest BCUT2D eigenvalue weighted by Crippen LogP contribution is -2.45. The van der Waals surface area contributed by atoms with Gasteiger partial charge in [-0.05, 0) is 81.6 Å². The average molecular weight is 727 g/mol. The summed E-state index contributed by atoms with van der Waals surface area (Å²) in [6.07, 6.45) is 2.99. The Hall–Kier alpha value is -6.80. The predicted octanol–water partition coefficient (Wildman–Crippen LogP) is 12.4. The van der Waals surface area contributed by atoms with E-state index in [1.54, 1.807) is 6.20 Å². The highest BCUT2D eigenvalue weighted by molar-refractivity contribution is 7.25. The molecule has 7 aromatic carbocycles. The molecule has 11 aromatic rings. The first-order valence-electron chi connectivity index (χ1n) is 18.4. The van der Waals surface area contributed by atoms with Crippen LogP contribution in [-0.2, 0) is 0 Å². The third-order valence-corrected chi connectivity index (χ3v) is 12.2. The van der Waals surface area contributed by atoms with Crippen LogP contribution in [0, 0.1) is 0 Å². The number of hydrogen-bond donors (Lipinski definition) is 2. The zero-order chi connectivity index (χ0) is 36.0. The Bertz CT molecular complexity index is 3370. The second-order valence-corrected chi connectivity index (χ2v) is 15.3. The smallest absolute Gasteiger partial charge is 0.153 e. The van der Waals surface area contributed by atoms with E-state index < -0.39 is 0 Å². The van der Waals surface area contributed by atoms with Crippen molar-refractivity contribution in [2.24, 2.45) is 4.99 Å². The van der Waals surface area contributed by atoms with Gasteiger partial charge in [-0.3, -0.25) is 10.3 Å². The van der Waals surface area contributed by atoms with Crippen LogP contribution in [-0.4, -0.2) is 10.8 Å². The fourth-order valence-corrected chi connectivity index (χ4v) is 9.50. The second-order valence-electron chi connectivity index (χ2n) is 14.3. The Morgan fingerprint density at radius 3 is 2.27 bits per heavy atom. The molecule has 0 spiro atoms. The summed E-state index contributed by atoms with van der Waals surface area (Å²) in [6, 6.07) is 51.6. The first kappa shape index (κ1) is 30.6. The summed E-state index contributed by atoms with van der Waals surface area (Å²) in [5, 5.41) is 16.8. The highest BCUT2D eigenvalue weighted by atomic mass is 32.1. The van der Waals surface area contributed by atoms with Gasteiger partial charge >= 0.3 is 0 Å². The topological polar surface area (TPSA) is 75.6 Å². The van der Waals surface area contributed by atoms with Crippen LogP contribution < -0.4 is 10.6 Å². The lowest BCUT2D eigenvalue weighted by Gasteiger charge is -2.32. The number of rotatable bonds is 4. The summed E-state index contributed by atoms with van der Waals surface area (Å²) in [5.41, 5.74) is 8.53. The fourth-order valence-electron chi connectivity index (χ4n) is 8.36. The molecule has 260 valence electrons. The van der Waals surface area contributed by atoms with Gasteiger partial charge in [0.2, 0.25) is 0 Å². The van der Waals surface area contributed by atoms with E-state index in [0.717, 1.165) is 77.5 Å². The van der Waals surface area contributed by atoms with E-state index >= 15 is 0 Å². The molecule has 2 unspecified atom stereocenters. The van der Waals surface area contributed by atoms with Crippen LogP contribution in [0.25, 0.3) is 85.9 Å². The van der Waals surface area contributed by atoms with E-state index in [4.69, 9.17) is 13.8 Å². The molecule has 0 fully saturated rings. The molecule has 7 heteroatoms. The van der Waals surface area contributed by atoms with Crippen LogP contribution in [0.1, 0.15) is 29.0 Å². The van der Waals surface area contributed by atoms with E-state index in [2.05, 4.69) is 143 Å². The largest absolute Gasteiger partial charge is 0.456 e. The minimum atomic E-state index is -0.342. The molecule has 6 nitrogen and oxygen atoms in total. The second kappa shape index (κ2) is 11.9. The van der Waals surface area contributed by atoms with Gasteiger partial charge in [-0.2, -0.15) is 0 Å². The first-order valence-corrected chi connectivity index (χ1v) is 19.2. The highest BCUT2D eigenvalue weighted by Crippen LogP contribution is 2.40. The first-order chi connectivity index (χ1) is 27.2. The number of hydrogen-bond acceptors (Lipinski definition) is 7. The average Bonchev–Trinajstić information content (AvgIpc) is 3.93. The number of para-hydroxylation sites is 1. The number of fused-ring (bicyclic) bond motifs is 10. The molecule has 4 aromatic heterocycles. The van der Waals surface area contributed by atoms with E-state index in [-0.39, 0.29) is 12.3 Å². The van der Waals surface area contributed by atoms with Gasteiger partial charge in [-0.25, -0.2) is 4.99 Å². The van der Waals surface area contributed by atoms with Crippen LogP contribution in [0.5, 0.6) is 0 Å². The highest BCUT2D eigenvalue weighted by Gasteiger charge is 2.29. The molecule has 0 aliphatic carbocycles. The van der Waals surface area contributed by atoms with Gasteiger partial charge in [-0.1, -0.05) is 97.1 Å². The lowest BCUT2D eigenvalue weighted by molar-refractivity contribution is 0.409. The van der Waals surface area contributed by atoms with Crippen LogP contribution >= 0.6 is 11.3 Å². The van der Waals surface area contributed by atoms with Crippen LogP contribution in [0.4, 0.5) is 0 Å². The maximum atomic E-state index is 6.56. The van der Waals surface area contributed by atoms with Crippen LogP contribution in [0.15, 0.2) is 172 Å². The minimum Gasteiger partial charge on any atom is -0.456 e. The number of aliphatic imine (C=N–C) groups is 1. The van der Waals surface area contributed by atoms with Crippen molar-refractivity contribution in [3.05, 3.63) is 175 Å². The van der Waals surface area contributed by atoms with Crippen molar-refractivity contribution in [1.82, 2.24) is 15.6 Å². The SMILES string of the molecule is c1ccc2cc(C3N=C(c4cc(-c5ccc6c(c5)sc5ccccc56)cc5oc6cnccc6c45)NC(c4ccc5c(c4)oc4ccccc45)N3)ccc2c1. The normalized spacial score (nSPS) is 16.2. The number of pyridine rings is 1. The Kier molecular flexibility index (Phi) is 6.60. The number of aromatic nitrogens is 1. The Morgan fingerprint density at radius 1 is 0.527 bits per heavy atom. The van der Waals surface area contributed by atoms with Gasteiger partial charge in [0, 0.05) is 53.5 Å². The van der Waals surface area contributed by atoms with E-state index in [1.165, 1.54) is 30.9 Å². The molecule has 2 atom stereocenters. The van der Waals surface area contributed by atoms with Crippen molar-refractivity contribution in [2.75, 3.05) is 0 Å². The summed E-state index contributed by atoms with van der Waals surface area (Å²) < 4.78 is 15.5. The van der Waals surface area contributed by atoms with E-state index in [1.807, 2.05) is 35.7 Å². The van der Waals surface area contributed by atoms with Gasteiger partial charge in [-0.15, -0.1) is 11.3 Å². The van der Waals surface area contributed by atoms with Crippen molar-refractivity contribution >= 4 is 92.0 Å². The van der Waals surface area contributed by atoms with E-state index in [9.17, 15) is 0 Å². The van der Waals surface area contributed by atoms with Gasteiger partial charge < -0.3 is 14.2 Å². The molecule has 0 saturated heterocycles. The molecule has 1 aliphatic rings. The summed E-state index contributed by atoms with van der Waals surface area (Å²) in [6.45, 7) is 0. The van der Waals surface area contributed by atoms with Gasteiger partial charge in [0.25, 0.3) is 0 Å². The molecule has 0 bridgehead atoms. The summed E-state index contributed by atoms with van der Waals surface area (Å²) in [5.74, 6) is 0.779. The summed E-state index contributed by atoms with van der Waals surface area (Å²) >= 11 is 1.82. The Morgan fingerprint density at radius 2 is 1.31 bits per heavy atom. The maximum absolute atomic E-state index is 6.56. The number of nitrogens with one attached hydrogen (secondary N) is 2. The number of benzene rings is 7. The third kappa shape index (κ3) is 4.91. The molecular formula is C48H30N4O2S. The van der Waals surface area contributed by atoms with Crippen LogP contribution in [0.2, 0.25) is 0 Å². The molecule has 0 amide bonds. The standard InChI is InChI=1S/C48H30N4O2S/c1-2-8-28-21-30(14-13-27(28)7-1)46-50-47(31-16-17-34-33-9-3-5-11-39(33)53-40(34)23-31)52-48(51-46)38-22-32(24-41-45(38)37-19-20-49-26-42(37)54-41)29-15-18-36-35-10-4-6-12-43(35)55-44(36)25-29/h1-26,46-47,50H,(H,51,52). The molecule has 1 aliphatic heterocycles. The monoisotopic (exact) mass is 726 g/mol. The van der Waals surface area contributed by atoms with Crippen molar-refractivity contribution in [1.29, 1.82) is 0 Å². The van der Waals surface area contributed by atoms with Crippen LogP contribution in [0.3, 0.4) is 0 Å².